The van der Waals surface area contributed by atoms with Gasteiger partial charge >= 0.3 is 0 Å². The fourth-order valence-corrected chi connectivity index (χ4v) is 3.00. The van der Waals surface area contributed by atoms with Crippen LogP contribution in [0.2, 0.25) is 0 Å². The summed E-state index contributed by atoms with van der Waals surface area (Å²) < 4.78 is 1.73. The van der Waals surface area contributed by atoms with E-state index < -0.39 is 0 Å². The van der Waals surface area contributed by atoms with Gasteiger partial charge < -0.3 is 15.6 Å². The lowest BCUT2D eigenvalue weighted by atomic mass is 10.00. The monoisotopic (exact) mass is 345 g/mol. The molecule has 9 nitrogen and oxygen atoms in total. The predicted molar refractivity (Wildman–Crippen MR) is 91.2 cm³/mol. The number of carbonyl (C=O) groups excluding carboxylic acids is 1. The maximum absolute atomic E-state index is 12.1. The van der Waals surface area contributed by atoms with Crippen LogP contribution in [0.3, 0.4) is 0 Å². The van der Waals surface area contributed by atoms with Crippen molar-refractivity contribution in [2.75, 3.05) is 19.6 Å². The second-order valence-corrected chi connectivity index (χ2v) is 6.37. The molecule has 1 aliphatic rings. The van der Waals surface area contributed by atoms with Gasteiger partial charge in [-0.15, -0.1) is 5.10 Å². The van der Waals surface area contributed by atoms with Crippen LogP contribution in [0.4, 0.5) is 0 Å². The van der Waals surface area contributed by atoms with Crippen molar-refractivity contribution in [3.05, 3.63) is 39.8 Å². The lowest BCUT2D eigenvalue weighted by Gasteiger charge is -2.22. The molecular formula is C16H23N7O2. The maximum Gasteiger partial charge on any atom is 0.273 e. The summed E-state index contributed by atoms with van der Waals surface area (Å²) in [6.45, 7) is 4.92. The van der Waals surface area contributed by atoms with Gasteiger partial charge in [0.05, 0.1) is 6.20 Å². The SMILES string of the molecule is Cc1nc(CCNC(=O)c2cn(C[C@H]3CCCNC3)nn2)cc(=O)[nH]1. The van der Waals surface area contributed by atoms with E-state index in [2.05, 4.69) is 30.9 Å². The normalized spacial score (nSPS) is 17.4. The van der Waals surface area contributed by atoms with Crippen LogP contribution >= 0.6 is 0 Å². The first-order chi connectivity index (χ1) is 12.1. The number of H-pyrrole nitrogens is 1. The number of aryl methyl sites for hydroxylation is 1. The summed E-state index contributed by atoms with van der Waals surface area (Å²) in [6.07, 6.45) is 4.50. The molecule has 0 radical (unpaired) electrons. The van der Waals surface area contributed by atoms with E-state index in [-0.39, 0.29) is 11.5 Å². The highest BCUT2D eigenvalue weighted by Gasteiger charge is 2.16. The number of piperidine rings is 1. The zero-order valence-corrected chi connectivity index (χ0v) is 14.3. The van der Waals surface area contributed by atoms with Gasteiger partial charge in [-0.2, -0.15) is 0 Å². The molecule has 0 aliphatic carbocycles. The quantitative estimate of drug-likeness (QED) is 0.658. The van der Waals surface area contributed by atoms with Crippen molar-refractivity contribution in [2.24, 2.45) is 5.92 Å². The molecule has 3 heterocycles. The van der Waals surface area contributed by atoms with Crippen LogP contribution in [0.25, 0.3) is 0 Å². The highest BCUT2D eigenvalue weighted by Crippen LogP contribution is 2.11. The molecule has 3 rings (SSSR count). The fraction of sp³-hybridized carbons (Fsp3) is 0.562. The Bertz CT molecular complexity index is 777. The van der Waals surface area contributed by atoms with Gasteiger partial charge in [0.25, 0.3) is 11.5 Å². The number of hydrogen-bond donors (Lipinski definition) is 3. The highest BCUT2D eigenvalue weighted by atomic mass is 16.2. The topological polar surface area (TPSA) is 118 Å². The fourth-order valence-electron chi connectivity index (χ4n) is 3.00. The van der Waals surface area contributed by atoms with Gasteiger partial charge in [0, 0.05) is 31.3 Å². The van der Waals surface area contributed by atoms with Crippen molar-refractivity contribution in [2.45, 2.75) is 32.7 Å². The lowest BCUT2D eigenvalue weighted by molar-refractivity contribution is 0.0949. The molecule has 0 saturated carbocycles. The van der Waals surface area contributed by atoms with Crippen molar-refractivity contribution < 1.29 is 4.79 Å². The van der Waals surface area contributed by atoms with Crippen molar-refractivity contribution >= 4 is 5.91 Å². The molecule has 0 aromatic carbocycles. The summed E-state index contributed by atoms with van der Waals surface area (Å²) in [7, 11) is 0. The van der Waals surface area contributed by atoms with E-state index in [4.69, 9.17) is 0 Å². The summed E-state index contributed by atoms with van der Waals surface area (Å²) >= 11 is 0. The third-order valence-corrected chi connectivity index (χ3v) is 4.20. The standard InChI is InChI=1S/C16H23N7O2/c1-11-19-13(7-15(24)20-11)4-6-18-16(25)14-10-23(22-21-14)9-12-3-2-5-17-8-12/h7,10,12,17H,2-6,8-9H2,1H3,(H,18,25)(H,19,20,24)/t12-/m0/s1. The Morgan fingerprint density at radius 2 is 2.36 bits per heavy atom. The van der Waals surface area contributed by atoms with Gasteiger partial charge in [-0.1, -0.05) is 5.21 Å². The smallest absolute Gasteiger partial charge is 0.273 e. The zero-order chi connectivity index (χ0) is 17.6. The second-order valence-electron chi connectivity index (χ2n) is 6.37. The minimum atomic E-state index is -0.269. The van der Waals surface area contributed by atoms with Crippen LogP contribution in [0, 0.1) is 12.8 Å². The van der Waals surface area contributed by atoms with Crippen molar-refractivity contribution in [1.29, 1.82) is 0 Å². The molecule has 2 aromatic rings. The predicted octanol–water partition coefficient (Wildman–Crippen LogP) is -0.358. The van der Waals surface area contributed by atoms with Gasteiger partial charge in [-0.3, -0.25) is 14.3 Å². The Morgan fingerprint density at radius 3 is 3.12 bits per heavy atom. The molecule has 1 saturated heterocycles. The van der Waals surface area contributed by atoms with Crippen LogP contribution in [0.1, 0.15) is 34.8 Å². The number of aromatic amines is 1. The number of nitrogens with one attached hydrogen (secondary N) is 3. The molecule has 2 aromatic heterocycles. The van der Waals surface area contributed by atoms with E-state index in [0.29, 0.717) is 36.1 Å². The Hall–Kier alpha value is -2.55. The second kappa shape index (κ2) is 8.02. The van der Waals surface area contributed by atoms with Crippen molar-refractivity contribution in [3.63, 3.8) is 0 Å². The summed E-state index contributed by atoms with van der Waals surface area (Å²) in [5, 5.41) is 14.1. The summed E-state index contributed by atoms with van der Waals surface area (Å²) in [4.78, 5) is 30.4. The number of rotatable bonds is 6. The number of carbonyl (C=O) groups is 1. The summed E-state index contributed by atoms with van der Waals surface area (Å²) in [6, 6.07) is 1.44. The molecule has 3 N–H and O–H groups in total. The number of aromatic nitrogens is 5. The average Bonchev–Trinajstić information content (AvgIpc) is 3.03. The van der Waals surface area contributed by atoms with Gasteiger partial charge in [0.15, 0.2) is 5.69 Å². The van der Waals surface area contributed by atoms with E-state index in [1.165, 1.54) is 12.5 Å². The third-order valence-electron chi connectivity index (χ3n) is 4.20. The molecule has 0 spiro atoms. The van der Waals surface area contributed by atoms with Crippen LogP contribution < -0.4 is 16.2 Å². The number of hydrogen-bond acceptors (Lipinski definition) is 6. The average molecular weight is 345 g/mol. The number of amides is 1. The van der Waals surface area contributed by atoms with Crippen LogP contribution in [-0.4, -0.2) is 50.5 Å². The van der Waals surface area contributed by atoms with Gasteiger partial charge in [0.1, 0.15) is 5.82 Å². The Labute approximate surface area is 145 Å². The van der Waals surface area contributed by atoms with Crippen LogP contribution in [-0.2, 0) is 13.0 Å². The van der Waals surface area contributed by atoms with Gasteiger partial charge in [-0.05, 0) is 38.8 Å². The van der Waals surface area contributed by atoms with Crippen molar-refractivity contribution in [3.8, 4) is 0 Å². The molecular weight excluding hydrogens is 322 g/mol. The Morgan fingerprint density at radius 1 is 1.48 bits per heavy atom. The molecule has 1 aliphatic heterocycles. The first kappa shape index (κ1) is 17.3. The van der Waals surface area contributed by atoms with Crippen LogP contribution in [0.5, 0.6) is 0 Å². The number of nitrogens with zero attached hydrogens (tertiary/aromatic N) is 4. The first-order valence-corrected chi connectivity index (χ1v) is 8.56. The van der Waals surface area contributed by atoms with E-state index >= 15 is 0 Å². The molecule has 25 heavy (non-hydrogen) atoms. The van der Waals surface area contributed by atoms with Crippen LogP contribution in [0.15, 0.2) is 17.1 Å². The summed E-state index contributed by atoms with van der Waals surface area (Å²) in [5.41, 5.74) is 0.766. The van der Waals surface area contributed by atoms with Crippen molar-refractivity contribution in [1.82, 2.24) is 35.6 Å². The molecule has 134 valence electrons. The van der Waals surface area contributed by atoms with E-state index in [1.807, 2.05) is 0 Å². The Balaban J connectivity index is 1.48. The molecule has 0 bridgehead atoms. The van der Waals surface area contributed by atoms with Gasteiger partial charge in [0.2, 0.25) is 0 Å². The summed E-state index contributed by atoms with van der Waals surface area (Å²) in [5.74, 6) is 0.820. The molecule has 9 heteroatoms. The van der Waals surface area contributed by atoms with E-state index in [1.54, 1.807) is 17.8 Å². The van der Waals surface area contributed by atoms with E-state index in [0.717, 1.165) is 26.1 Å². The molecule has 1 fully saturated rings. The van der Waals surface area contributed by atoms with Gasteiger partial charge in [-0.25, -0.2) is 4.98 Å². The third kappa shape index (κ3) is 4.96. The Kier molecular flexibility index (Phi) is 5.54. The molecule has 1 amide bonds. The highest BCUT2D eigenvalue weighted by molar-refractivity contribution is 5.91. The lowest BCUT2D eigenvalue weighted by Crippen LogP contribution is -2.32. The minimum absolute atomic E-state index is 0.186. The maximum atomic E-state index is 12.1. The minimum Gasteiger partial charge on any atom is -0.350 e. The largest absolute Gasteiger partial charge is 0.350 e. The molecule has 1 atom stereocenters. The molecule has 0 unspecified atom stereocenters. The van der Waals surface area contributed by atoms with E-state index in [9.17, 15) is 9.59 Å². The zero-order valence-electron chi connectivity index (χ0n) is 14.3. The first-order valence-electron chi connectivity index (χ1n) is 8.56.